The fourth-order valence-electron chi connectivity index (χ4n) is 3.00. The molecule has 0 atom stereocenters. The van der Waals surface area contributed by atoms with E-state index in [2.05, 4.69) is 21.2 Å². The van der Waals surface area contributed by atoms with E-state index < -0.39 is 28.9 Å². The quantitative estimate of drug-likeness (QED) is 0.735. The van der Waals surface area contributed by atoms with E-state index in [9.17, 15) is 22.8 Å². The second-order valence-electron chi connectivity index (χ2n) is 6.27. The molecule has 1 heterocycles. The first-order chi connectivity index (χ1) is 12.9. The number of benzene rings is 2. The van der Waals surface area contributed by atoms with Gasteiger partial charge in [0.25, 0.3) is 11.8 Å². The van der Waals surface area contributed by atoms with Crippen molar-refractivity contribution in [1.82, 2.24) is 10.2 Å². The van der Waals surface area contributed by atoms with E-state index in [4.69, 9.17) is 0 Å². The van der Waals surface area contributed by atoms with Gasteiger partial charge in [-0.1, -0.05) is 22.0 Å². The standard InChI is InChI=1S/C19H16BrF3N2O2/c20-12-3-1-2-11(10-12)19(27)25-8-6-13(7-9-25)24-18(26)14-4-5-15(21)17(23)16(14)22/h1-5,10,13H,6-9H2,(H,24,26). The summed E-state index contributed by atoms with van der Waals surface area (Å²) in [6, 6.07) is 8.42. The van der Waals surface area contributed by atoms with Crippen LogP contribution in [0.2, 0.25) is 0 Å². The smallest absolute Gasteiger partial charge is 0.254 e. The molecule has 4 nitrogen and oxygen atoms in total. The van der Waals surface area contributed by atoms with Crippen LogP contribution in [-0.2, 0) is 0 Å². The summed E-state index contributed by atoms with van der Waals surface area (Å²) in [5, 5.41) is 2.62. The van der Waals surface area contributed by atoms with Crippen molar-refractivity contribution in [2.24, 2.45) is 0 Å². The third-order valence-electron chi connectivity index (χ3n) is 4.47. The highest BCUT2D eigenvalue weighted by Gasteiger charge is 2.26. The molecule has 1 fully saturated rings. The van der Waals surface area contributed by atoms with Crippen LogP contribution in [0.3, 0.4) is 0 Å². The molecule has 8 heteroatoms. The molecule has 27 heavy (non-hydrogen) atoms. The molecule has 0 bridgehead atoms. The third-order valence-corrected chi connectivity index (χ3v) is 4.96. The van der Waals surface area contributed by atoms with Crippen LogP contribution >= 0.6 is 15.9 Å². The molecule has 142 valence electrons. The van der Waals surface area contributed by atoms with Crippen molar-refractivity contribution in [2.45, 2.75) is 18.9 Å². The van der Waals surface area contributed by atoms with Gasteiger partial charge in [-0.05, 0) is 43.2 Å². The van der Waals surface area contributed by atoms with Gasteiger partial charge >= 0.3 is 0 Å². The Bertz CT molecular complexity index is 883. The number of hydrogen-bond acceptors (Lipinski definition) is 2. The Labute approximate surface area is 162 Å². The number of nitrogens with zero attached hydrogens (tertiary/aromatic N) is 1. The third kappa shape index (κ3) is 4.32. The lowest BCUT2D eigenvalue weighted by molar-refractivity contribution is 0.0697. The number of piperidine rings is 1. The maximum absolute atomic E-state index is 13.7. The predicted octanol–water partition coefficient (Wildman–Crippen LogP) is 3.90. The highest BCUT2D eigenvalue weighted by atomic mass is 79.9. The maximum Gasteiger partial charge on any atom is 0.254 e. The molecule has 0 saturated carbocycles. The number of nitrogens with one attached hydrogen (secondary N) is 1. The van der Waals surface area contributed by atoms with Crippen molar-refractivity contribution in [3.8, 4) is 0 Å². The Hall–Kier alpha value is -2.35. The first-order valence-corrected chi connectivity index (χ1v) is 9.15. The molecule has 0 aromatic heterocycles. The average molecular weight is 441 g/mol. The zero-order valence-electron chi connectivity index (χ0n) is 14.1. The molecule has 0 spiro atoms. The van der Waals surface area contributed by atoms with Crippen LogP contribution in [0.4, 0.5) is 13.2 Å². The van der Waals surface area contributed by atoms with Gasteiger partial charge in [0.15, 0.2) is 17.5 Å². The second-order valence-corrected chi connectivity index (χ2v) is 7.19. The summed E-state index contributed by atoms with van der Waals surface area (Å²) in [5.41, 5.74) is 0.0252. The van der Waals surface area contributed by atoms with E-state index in [1.807, 2.05) is 6.07 Å². The number of carbonyl (C=O) groups is 2. The number of carbonyl (C=O) groups excluding carboxylic acids is 2. The van der Waals surface area contributed by atoms with Crippen molar-refractivity contribution in [3.05, 3.63) is 69.4 Å². The highest BCUT2D eigenvalue weighted by molar-refractivity contribution is 9.10. The van der Waals surface area contributed by atoms with Crippen molar-refractivity contribution in [3.63, 3.8) is 0 Å². The molecule has 2 aromatic rings. The first kappa shape index (κ1) is 19.4. The van der Waals surface area contributed by atoms with Crippen molar-refractivity contribution < 1.29 is 22.8 Å². The molecule has 0 aliphatic carbocycles. The minimum Gasteiger partial charge on any atom is -0.349 e. The van der Waals surface area contributed by atoms with Crippen LogP contribution in [0.5, 0.6) is 0 Å². The number of hydrogen-bond donors (Lipinski definition) is 1. The monoisotopic (exact) mass is 440 g/mol. The maximum atomic E-state index is 13.7. The van der Waals surface area contributed by atoms with Gasteiger partial charge in [-0.3, -0.25) is 9.59 Å². The number of rotatable bonds is 3. The summed E-state index contributed by atoms with van der Waals surface area (Å²) in [5.74, 6) is -5.42. The summed E-state index contributed by atoms with van der Waals surface area (Å²) < 4.78 is 40.8. The van der Waals surface area contributed by atoms with E-state index >= 15 is 0 Å². The minimum absolute atomic E-state index is 0.104. The van der Waals surface area contributed by atoms with E-state index in [0.29, 0.717) is 37.6 Å². The molecule has 1 N–H and O–H groups in total. The Kier molecular flexibility index (Phi) is 5.84. The first-order valence-electron chi connectivity index (χ1n) is 8.36. The summed E-state index contributed by atoms with van der Waals surface area (Å²) in [6.45, 7) is 0.854. The fourth-order valence-corrected chi connectivity index (χ4v) is 3.39. The van der Waals surface area contributed by atoms with Gasteiger partial charge in [-0.15, -0.1) is 0 Å². The fraction of sp³-hybridized carbons (Fsp3) is 0.263. The normalized spacial score (nSPS) is 14.9. The Balaban J connectivity index is 1.59. The molecule has 3 rings (SSSR count). The zero-order valence-corrected chi connectivity index (χ0v) is 15.7. The second kappa shape index (κ2) is 8.12. The molecular formula is C19H16BrF3N2O2. The van der Waals surface area contributed by atoms with Crippen LogP contribution in [-0.4, -0.2) is 35.8 Å². The van der Waals surface area contributed by atoms with Gasteiger partial charge in [-0.25, -0.2) is 13.2 Å². The summed E-state index contributed by atoms with van der Waals surface area (Å²) in [6.07, 6.45) is 0.966. The summed E-state index contributed by atoms with van der Waals surface area (Å²) in [4.78, 5) is 26.3. The van der Waals surface area contributed by atoms with Crippen LogP contribution < -0.4 is 5.32 Å². The van der Waals surface area contributed by atoms with E-state index in [1.54, 1.807) is 23.1 Å². The summed E-state index contributed by atoms with van der Waals surface area (Å²) in [7, 11) is 0. The van der Waals surface area contributed by atoms with E-state index in [0.717, 1.165) is 10.5 Å². The number of likely N-dealkylation sites (tertiary alicyclic amines) is 1. The Morgan fingerprint density at radius 3 is 2.41 bits per heavy atom. The van der Waals surface area contributed by atoms with Crippen LogP contribution in [0.25, 0.3) is 0 Å². The average Bonchev–Trinajstić information content (AvgIpc) is 2.66. The van der Waals surface area contributed by atoms with Gasteiger partial charge in [-0.2, -0.15) is 0 Å². The number of amides is 2. The number of halogens is 4. The van der Waals surface area contributed by atoms with Gasteiger partial charge < -0.3 is 10.2 Å². The lowest BCUT2D eigenvalue weighted by Crippen LogP contribution is -2.46. The Morgan fingerprint density at radius 1 is 1.04 bits per heavy atom. The summed E-state index contributed by atoms with van der Waals surface area (Å²) >= 11 is 3.33. The molecule has 0 unspecified atom stereocenters. The Morgan fingerprint density at radius 2 is 1.74 bits per heavy atom. The highest BCUT2D eigenvalue weighted by Crippen LogP contribution is 2.19. The van der Waals surface area contributed by atoms with E-state index in [1.165, 1.54) is 0 Å². The molecule has 2 aromatic carbocycles. The molecule has 2 amide bonds. The lowest BCUT2D eigenvalue weighted by atomic mass is 10.0. The van der Waals surface area contributed by atoms with Gasteiger partial charge in [0, 0.05) is 29.2 Å². The minimum atomic E-state index is -1.67. The largest absolute Gasteiger partial charge is 0.349 e. The lowest BCUT2D eigenvalue weighted by Gasteiger charge is -2.32. The molecule has 1 aliphatic heterocycles. The molecule has 0 radical (unpaired) electrons. The van der Waals surface area contributed by atoms with Crippen LogP contribution in [0, 0.1) is 17.5 Å². The van der Waals surface area contributed by atoms with E-state index in [-0.39, 0.29) is 11.9 Å². The predicted molar refractivity (Wildman–Crippen MR) is 96.8 cm³/mol. The topological polar surface area (TPSA) is 49.4 Å². The SMILES string of the molecule is O=C(NC1CCN(C(=O)c2cccc(Br)c2)CC1)c1ccc(F)c(F)c1F. The van der Waals surface area contributed by atoms with Gasteiger partial charge in [0.2, 0.25) is 0 Å². The van der Waals surface area contributed by atoms with Gasteiger partial charge in [0.1, 0.15) is 0 Å². The van der Waals surface area contributed by atoms with Crippen molar-refractivity contribution in [1.29, 1.82) is 0 Å². The molecule has 1 aliphatic rings. The molecule has 1 saturated heterocycles. The van der Waals surface area contributed by atoms with Crippen molar-refractivity contribution in [2.75, 3.05) is 13.1 Å². The van der Waals surface area contributed by atoms with Crippen molar-refractivity contribution >= 4 is 27.7 Å². The molecular weight excluding hydrogens is 425 g/mol. The van der Waals surface area contributed by atoms with Crippen LogP contribution in [0.1, 0.15) is 33.6 Å². The zero-order chi connectivity index (χ0) is 19.6. The van der Waals surface area contributed by atoms with Crippen LogP contribution in [0.15, 0.2) is 40.9 Å². The van der Waals surface area contributed by atoms with Gasteiger partial charge in [0.05, 0.1) is 5.56 Å².